The number of aromatic nitrogens is 2. The minimum absolute atomic E-state index is 0.00495. The molecule has 0 bridgehead atoms. The van der Waals surface area contributed by atoms with Gasteiger partial charge in [0.25, 0.3) is 0 Å². The third-order valence-electron chi connectivity index (χ3n) is 3.48. The van der Waals surface area contributed by atoms with E-state index in [9.17, 15) is 9.59 Å². The predicted molar refractivity (Wildman–Crippen MR) is 93.5 cm³/mol. The number of carbonyl (C=O) groups is 2. The zero-order valence-electron chi connectivity index (χ0n) is 13.7. The lowest BCUT2D eigenvalue weighted by Crippen LogP contribution is -2.22. The first-order chi connectivity index (χ1) is 11.8. The number of carboxylic acid groups (broad SMARTS) is 1. The fourth-order valence-corrected chi connectivity index (χ4v) is 2.50. The number of hydrogen-bond acceptors (Lipinski definition) is 5. The fraction of sp³-hybridized carbons (Fsp3) is 0.312. The van der Waals surface area contributed by atoms with Crippen LogP contribution in [0.2, 0.25) is 10.0 Å². The molecule has 2 aromatic rings. The van der Waals surface area contributed by atoms with Crippen LogP contribution in [0.4, 0.5) is 0 Å². The van der Waals surface area contributed by atoms with E-state index in [1.165, 1.54) is 11.8 Å². The van der Waals surface area contributed by atoms with Crippen molar-refractivity contribution in [3.63, 3.8) is 0 Å². The molecular formula is C16H17Cl2N3O4. The van der Waals surface area contributed by atoms with Gasteiger partial charge < -0.3 is 14.7 Å². The maximum Gasteiger partial charge on any atom is 0.358 e. The number of rotatable bonds is 7. The van der Waals surface area contributed by atoms with Gasteiger partial charge in [-0.15, -0.1) is 0 Å². The predicted octanol–water partition coefficient (Wildman–Crippen LogP) is 2.87. The van der Waals surface area contributed by atoms with Crippen LogP contribution < -0.4 is 0 Å². The van der Waals surface area contributed by atoms with Crippen molar-refractivity contribution in [2.45, 2.75) is 13.0 Å². The maximum atomic E-state index is 12.0. The summed E-state index contributed by atoms with van der Waals surface area (Å²) in [5.41, 5.74) is 1.42. The molecule has 1 heterocycles. The molecule has 0 unspecified atom stereocenters. The van der Waals surface area contributed by atoms with Crippen LogP contribution >= 0.6 is 23.2 Å². The summed E-state index contributed by atoms with van der Waals surface area (Å²) in [6.07, 6.45) is 1.69. The molecule has 7 nitrogen and oxygen atoms in total. The standard InChI is InChI=1S/C16H17Cl2N3O4/c1-20(6-5-14(22)23)8-10-9-21(19-15(10)16(24)25-2)11-3-4-12(17)13(18)7-11/h3-4,7,9H,5-6,8H2,1-2H3,(H,22,23). The van der Waals surface area contributed by atoms with Gasteiger partial charge >= 0.3 is 11.9 Å². The average molecular weight is 386 g/mol. The molecule has 9 heteroatoms. The Labute approximate surface area is 154 Å². The van der Waals surface area contributed by atoms with Crippen molar-refractivity contribution >= 4 is 35.1 Å². The summed E-state index contributed by atoms with van der Waals surface area (Å²) in [7, 11) is 3.04. The summed E-state index contributed by atoms with van der Waals surface area (Å²) < 4.78 is 6.28. The molecule has 0 amide bonds. The molecule has 0 aliphatic heterocycles. The summed E-state index contributed by atoms with van der Waals surface area (Å²) in [4.78, 5) is 24.5. The van der Waals surface area contributed by atoms with E-state index in [1.807, 2.05) is 0 Å². The van der Waals surface area contributed by atoms with Crippen LogP contribution in [0, 0.1) is 0 Å². The molecule has 1 aromatic carbocycles. The molecule has 0 aliphatic carbocycles. The van der Waals surface area contributed by atoms with Crippen LogP contribution in [0.3, 0.4) is 0 Å². The highest BCUT2D eigenvalue weighted by atomic mass is 35.5. The number of methoxy groups -OCH3 is 1. The number of carbonyl (C=O) groups excluding carboxylic acids is 1. The molecule has 0 saturated heterocycles. The van der Waals surface area contributed by atoms with E-state index in [0.717, 1.165) is 0 Å². The highest BCUT2D eigenvalue weighted by molar-refractivity contribution is 6.42. The fourth-order valence-electron chi connectivity index (χ4n) is 2.21. The van der Waals surface area contributed by atoms with E-state index >= 15 is 0 Å². The number of halogens is 2. The monoisotopic (exact) mass is 385 g/mol. The Bertz CT molecular complexity index is 792. The second kappa shape index (κ2) is 8.33. The first-order valence-electron chi connectivity index (χ1n) is 7.34. The minimum Gasteiger partial charge on any atom is -0.481 e. The largest absolute Gasteiger partial charge is 0.481 e. The van der Waals surface area contributed by atoms with Crippen LogP contribution in [-0.4, -0.2) is 52.4 Å². The lowest BCUT2D eigenvalue weighted by atomic mass is 10.2. The van der Waals surface area contributed by atoms with Gasteiger partial charge in [-0.25, -0.2) is 9.48 Å². The van der Waals surface area contributed by atoms with Crippen LogP contribution in [0.15, 0.2) is 24.4 Å². The lowest BCUT2D eigenvalue weighted by molar-refractivity contribution is -0.137. The normalized spacial score (nSPS) is 10.9. The molecule has 134 valence electrons. The molecule has 0 spiro atoms. The minimum atomic E-state index is -0.883. The third kappa shape index (κ3) is 4.94. The van der Waals surface area contributed by atoms with Gasteiger partial charge in [0.05, 0.1) is 29.3 Å². The van der Waals surface area contributed by atoms with E-state index in [1.54, 1.807) is 36.3 Å². The maximum absolute atomic E-state index is 12.0. The Hall–Kier alpha value is -2.09. The molecule has 0 aliphatic rings. The Morgan fingerprint density at radius 2 is 2.04 bits per heavy atom. The molecule has 0 saturated carbocycles. The van der Waals surface area contributed by atoms with E-state index in [2.05, 4.69) is 5.10 Å². The highest BCUT2D eigenvalue weighted by Crippen LogP contribution is 2.25. The van der Waals surface area contributed by atoms with Gasteiger partial charge in [-0.3, -0.25) is 4.79 Å². The number of aliphatic carboxylic acids is 1. The molecule has 1 N–H and O–H groups in total. The van der Waals surface area contributed by atoms with Crippen LogP contribution in [0.25, 0.3) is 5.69 Å². The Kier molecular flexibility index (Phi) is 6.41. The quantitative estimate of drug-likeness (QED) is 0.737. The van der Waals surface area contributed by atoms with Gasteiger partial charge in [-0.2, -0.15) is 5.10 Å². The van der Waals surface area contributed by atoms with Gasteiger partial charge in [0, 0.05) is 24.8 Å². The van der Waals surface area contributed by atoms with Crippen LogP contribution in [0.1, 0.15) is 22.5 Å². The summed E-state index contributed by atoms with van der Waals surface area (Å²) in [6, 6.07) is 4.99. The van der Waals surface area contributed by atoms with Gasteiger partial charge in [0.2, 0.25) is 0 Å². The van der Waals surface area contributed by atoms with Gasteiger partial charge in [0.15, 0.2) is 5.69 Å². The molecular weight excluding hydrogens is 369 g/mol. The number of hydrogen-bond donors (Lipinski definition) is 1. The van der Waals surface area contributed by atoms with E-state index in [-0.39, 0.29) is 12.1 Å². The summed E-state index contributed by atoms with van der Waals surface area (Å²) >= 11 is 11.9. The Morgan fingerprint density at radius 1 is 1.32 bits per heavy atom. The Morgan fingerprint density at radius 3 is 2.64 bits per heavy atom. The molecule has 0 radical (unpaired) electrons. The van der Waals surface area contributed by atoms with E-state index in [4.69, 9.17) is 33.0 Å². The first kappa shape index (κ1) is 19.2. The van der Waals surface area contributed by atoms with Crippen LogP contribution in [-0.2, 0) is 16.1 Å². The average Bonchev–Trinajstić information content (AvgIpc) is 2.98. The Balaban J connectivity index is 2.31. The van der Waals surface area contributed by atoms with Crippen molar-refractivity contribution in [2.75, 3.05) is 20.7 Å². The van der Waals surface area contributed by atoms with Crippen LogP contribution in [0.5, 0.6) is 0 Å². The third-order valence-corrected chi connectivity index (χ3v) is 4.22. The van der Waals surface area contributed by atoms with Crippen molar-refractivity contribution in [2.24, 2.45) is 0 Å². The van der Waals surface area contributed by atoms with Crippen molar-refractivity contribution < 1.29 is 19.4 Å². The summed E-state index contributed by atoms with van der Waals surface area (Å²) in [5, 5.41) is 13.8. The molecule has 2 rings (SSSR count). The number of ether oxygens (including phenoxy) is 1. The highest BCUT2D eigenvalue weighted by Gasteiger charge is 2.19. The zero-order chi connectivity index (χ0) is 18.6. The number of benzene rings is 1. The SMILES string of the molecule is COC(=O)c1nn(-c2ccc(Cl)c(Cl)c2)cc1CN(C)CCC(=O)O. The number of nitrogens with zero attached hydrogens (tertiary/aromatic N) is 3. The molecule has 25 heavy (non-hydrogen) atoms. The number of carboxylic acids is 1. The topological polar surface area (TPSA) is 84.7 Å². The number of esters is 1. The smallest absolute Gasteiger partial charge is 0.358 e. The summed E-state index contributed by atoms with van der Waals surface area (Å²) in [5.74, 6) is -1.45. The van der Waals surface area contributed by atoms with E-state index < -0.39 is 11.9 Å². The summed E-state index contributed by atoms with van der Waals surface area (Å²) in [6.45, 7) is 0.687. The molecule has 1 aromatic heterocycles. The van der Waals surface area contributed by atoms with Crippen molar-refractivity contribution in [3.8, 4) is 5.69 Å². The molecule has 0 fully saturated rings. The first-order valence-corrected chi connectivity index (χ1v) is 8.10. The van der Waals surface area contributed by atoms with Crippen molar-refractivity contribution in [3.05, 3.63) is 45.7 Å². The van der Waals surface area contributed by atoms with Crippen molar-refractivity contribution in [1.82, 2.24) is 14.7 Å². The van der Waals surface area contributed by atoms with E-state index in [0.29, 0.717) is 34.4 Å². The second-order valence-corrected chi connectivity index (χ2v) is 6.23. The zero-order valence-corrected chi connectivity index (χ0v) is 15.2. The lowest BCUT2D eigenvalue weighted by Gasteiger charge is -2.14. The molecule has 0 atom stereocenters. The van der Waals surface area contributed by atoms with Crippen molar-refractivity contribution in [1.29, 1.82) is 0 Å². The van der Waals surface area contributed by atoms with Gasteiger partial charge in [-0.1, -0.05) is 23.2 Å². The second-order valence-electron chi connectivity index (χ2n) is 5.42. The van der Waals surface area contributed by atoms with Gasteiger partial charge in [0.1, 0.15) is 0 Å². The van der Waals surface area contributed by atoms with Gasteiger partial charge in [-0.05, 0) is 25.2 Å².